The quantitative estimate of drug-likeness (QED) is 0.147. The summed E-state index contributed by atoms with van der Waals surface area (Å²) >= 11 is 0. The molecule has 1 aromatic rings. The largest absolute Gasteiger partial charge is 0.0312 e. The Morgan fingerprint density at radius 2 is 1.03 bits per heavy atom. The molecule has 0 bridgehead atoms. The summed E-state index contributed by atoms with van der Waals surface area (Å²) in [6.07, 6.45) is 18.7. The number of methoxy groups -OCH3 is 1. The molecule has 1 saturated carbocycles. The smallest absolute Gasteiger partial charge is 0 e. The van der Waals surface area contributed by atoms with Crippen LogP contribution in [-0.4, -0.2) is 7.11 Å². The summed E-state index contributed by atoms with van der Waals surface area (Å²) in [6, 6.07) is 8.24. The average Bonchev–Trinajstić information content (AvgIpc) is 3.20. The number of ether oxygens (including phenoxy) is 1. The van der Waals surface area contributed by atoms with Crippen LogP contribution in [0.5, 0.6) is 5.75 Å². The van der Waals surface area contributed by atoms with Crippen LogP contribution in [0.25, 0.3) is 0 Å². The first-order valence-corrected chi connectivity index (χ1v) is 10.9. The molecule has 1 aliphatic carbocycles. The van der Waals surface area contributed by atoms with Crippen LogP contribution in [0.15, 0.2) is 62.2 Å². The molecular formula is C22H27F6FeOP-. The Hall–Kier alpha value is -1.23. The molecule has 1 aromatic carbocycles. The van der Waals surface area contributed by atoms with Crippen LogP contribution in [0.2, 0.25) is 0 Å². The molecular weight excluding hydrogens is 481 g/mol. The molecule has 0 N–H and O–H groups in total. The molecule has 31 heavy (non-hydrogen) atoms. The summed E-state index contributed by atoms with van der Waals surface area (Å²) in [5.74, 6) is 0.878. The second kappa shape index (κ2) is 12.7. The van der Waals surface area contributed by atoms with E-state index in [9.17, 15) is 25.2 Å². The van der Waals surface area contributed by atoms with Crippen molar-refractivity contribution in [3.63, 3.8) is 0 Å². The van der Waals surface area contributed by atoms with Crippen LogP contribution >= 0.6 is 7.81 Å². The summed E-state index contributed by atoms with van der Waals surface area (Å²) in [7, 11) is -8.98. The molecule has 9 heteroatoms. The van der Waals surface area contributed by atoms with Crippen molar-refractivity contribution in [1.82, 2.24) is 0 Å². The van der Waals surface area contributed by atoms with Gasteiger partial charge < -0.3 is 4.74 Å². The Morgan fingerprint density at radius 1 is 0.742 bits per heavy atom. The number of allylic oxidation sites excluding steroid dienone is 3. The molecule has 0 aliphatic heterocycles. The molecule has 5 radical (unpaired) electrons. The first kappa shape index (κ1) is 32.0. The minimum absolute atomic E-state index is 0. The summed E-state index contributed by atoms with van der Waals surface area (Å²) < 4.78 is 64.4. The topological polar surface area (TPSA) is 9.23 Å². The van der Waals surface area contributed by atoms with E-state index < -0.39 is 7.81 Å². The molecule has 0 atom stereocenters. The van der Waals surface area contributed by atoms with Gasteiger partial charge in [0.2, 0.25) is 0 Å². The average molecular weight is 508 g/mol. The molecule has 0 aromatic heterocycles. The third kappa shape index (κ3) is 18.1. The van der Waals surface area contributed by atoms with Gasteiger partial charge in [0.15, 0.2) is 0 Å². The maximum Gasteiger partial charge on any atom is 0 e. The fourth-order valence-electron chi connectivity index (χ4n) is 2.70. The van der Waals surface area contributed by atoms with Gasteiger partial charge in [0.25, 0.3) is 0 Å². The van der Waals surface area contributed by atoms with Crippen molar-refractivity contribution in [1.29, 1.82) is 0 Å². The zero-order valence-corrected chi connectivity index (χ0v) is 19.1. The summed E-state index contributed by atoms with van der Waals surface area (Å²) in [6.45, 7) is 11.6. The Kier molecular flexibility index (Phi) is 13.1. The summed E-state index contributed by atoms with van der Waals surface area (Å²) in [4.78, 5) is 0. The third-order valence-corrected chi connectivity index (χ3v) is 3.86. The van der Waals surface area contributed by atoms with Crippen LogP contribution in [0.1, 0.15) is 24.8 Å². The number of benzene rings is 1. The van der Waals surface area contributed by atoms with E-state index in [0.29, 0.717) is 0 Å². The van der Waals surface area contributed by atoms with Gasteiger partial charge in [-0.05, 0) is 69.1 Å². The zero-order valence-electron chi connectivity index (χ0n) is 17.1. The fourth-order valence-corrected chi connectivity index (χ4v) is 2.70. The van der Waals surface area contributed by atoms with Crippen molar-refractivity contribution in [3.8, 4) is 5.75 Å². The van der Waals surface area contributed by atoms with E-state index in [1.54, 1.807) is 7.11 Å². The molecule has 0 saturated heterocycles. The van der Waals surface area contributed by atoms with Crippen molar-refractivity contribution >= 4 is 7.81 Å². The minimum Gasteiger partial charge on any atom is -0.0312 e. The van der Waals surface area contributed by atoms with Crippen molar-refractivity contribution in [2.45, 2.75) is 24.7 Å². The second-order valence-corrected chi connectivity index (χ2v) is 8.32. The molecule has 0 unspecified atom stereocenters. The van der Waals surface area contributed by atoms with Gasteiger partial charge in [-0.15, -0.1) is 19.7 Å². The van der Waals surface area contributed by atoms with Crippen LogP contribution in [0.3, 0.4) is 0 Å². The number of rotatable bonds is 8. The molecule has 1 nitrogen and oxygen atoms in total. The Labute approximate surface area is 192 Å². The first-order valence-electron chi connectivity index (χ1n) is 8.87. The number of hydrogen-bond acceptors (Lipinski definition) is 1. The van der Waals surface area contributed by atoms with Gasteiger partial charge in [0, 0.05) is 22.5 Å². The molecule has 2 rings (SSSR count). The standard InChI is InChI=1S/C17H22O.C5H5.F6P.Fe/c1-5-12-17(13-6-2,14-7-3)15-8-10-16(18-4)11-9-15;1-2-4-5-3-1;1-7(2,3,4,5)6;/h5-11H,1-3,12-14H2,4H3;1-5H;;/q;;-1;. The van der Waals surface area contributed by atoms with E-state index >= 15 is 0 Å². The van der Waals surface area contributed by atoms with Gasteiger partial charge in [0.1, 0.15) is 5.75 Å². The van der Waals surface area contributed by atoms with Crippen molar-refractivity contribution in [2.24, 2.45) is 0 Å². The molecule has 177 valence electrons. The van der Waals surface area contributed by atoms with Crippen LogP contribution in [-0.2, 0) is 22.5 Å². The van der Waals surface area contributed by atoms with Gasteiger partial charge in [-0.1, -0.05) is 30.4 Å². The molecule has 0 spiro atoms. The van der Waals surface area contributed by atoms with E-state index in [4.69, 9.17) is 4.74 Å². The van der Waals surface area contributed by atoms with E-state index in [1.165, 1.54) is 5.56 Å². The Morgan fingerprint density at radius 3 is 1.26 bits per heavy atom. The molecule has 1 fully saturated rings. The Balaban J connectivity index is 0. The fraction of sp³-hybridized carbons (Fsp3) is 0.227. The van der Waals surface area contributed by atoms with E-state index in [-0.39, 0.29) is 22.5 Å². The van der Waals surface area contributed by atoms with Gasteiger partial charge in [-0.3, -0.25) is 0 Å². The number of hydrogen-bond donors (Lipinski definition) is 0. The zero-order chi connectivity index (χ0) is 23.4. The van der Waals surface area contributed by atoms with Gasteiger partial charge in [-0.2, -0.15) is 0 Å². The van der Waals surface area contributed by atoms with Gasteiger partial charge in [0.05, 0.1) is 7.11 Å². The second-order valence-electron chi connectivity index (χ2n) is 6.41. The van der Waals surface area contributed by atoms with Crippen molar-refractivity contribution in [3.05, 3.63) is 99.9 Å². The SMILES string of the molecule is C=CCC(CC=C)(CC=C)c1ccc(OC)cc1.F[P-](F)(F)(F)(F)F.[CH]1[CH][CH][CH][CH]1.[Fe]. The van der Waals surface area contributed by atoms with Gasteiger partial charge in [-0.25, -0.2) is 0 Å². The van der Waals surface area contributed by atoms with E-state index in [0.717, 1.165) is 25.0 Å². The Bertz CT molecular complexity index is 622. The van der Waals surface area contributed by atoms with Crippen LogP contribution in [0, 0.1) is 32.1 Å². The third-order valence-electron chi connectivity index (χ3n) is 3.86. The van der Waals surface area contributed by atoms with Crippen molar-refractivity contribution in [2.75, 3.05) is 7.11 Å². The monoisotopic (exact) mass is 508 g/mol. The first-order chi connectivity index (χ1) is 13.7. The maximum atomic E-state index is 9.87. The summed E-state index contributed by atoms with van der Waals surface area (Å²) in [5.41, 5.74) is 1.31. The van der Waals surface area contributed by atoms with Gasteiger partial charge >= 0.3 is 33.0 Å². The van der Waals surface area contributed by atoms with Crippen LogP contribution < -0.4 is 4.74 Å². The molecule has 1 aliphatic rings. The minimum atomic E-state index is -10.7. The molecule has 0 heterocycles. The van der Waals surface area contributed by atoms with E-state index in [1.807, 2.05) is 62.5 Å². The summed E-state index contributed by atoms with van der Waals surface area (Å²) in [5, 5.41) is 0. The van der Waals surface area contributed by atoms with Crippen LogP contribution in [0.4, 0.5) is 25.2 Å². The maximum absolute atomic E-state index is 10.7. The van der Waals surface area contributed by atoms with Crippen molar-refractivity contribution < 1.29 is 47.0 Å². The normalized spacial score (nSPS) is 15.3. The predicted molar refractivity (Wildman–Crippen MR) is 114 cm³/mol. The predicted octanol–water partition coefficient (Wildman–Crippen LogP) is 9.06. The van der Waals surface area contributed by atoms with E-state index in [2.05, 4.69) is 31.9 Å². The number of halogens is 6. The molecule has 0 amide bonds.